The molecule has 1 aromatic heterocycles. The van der Waals surface area contributed by atoms with Gasteiger partial charge in [-0.25, -0.2) is 9.48 Å². The van der Waals surface area contributed by atoms with Crippen LogP contribution in [-0.4, -0.2) is 45.4 Å². The largest absolute Gasteiger partial charge is 0.444 e. The number of fused-ring (bicyclic) bond motifs is 1. The molecule has 1 fully saturated rings. The SMILES string of the molecule is CN(C1CC1)C(c1cccc(NC(=O)c2cc(C(F)(F)F)nn2-c2cccc(CNC(=O)OC(C)(C)C)c2)c1)c1cccc2ccccc12. The van der Waals surface area contributed by atoms with Crippen LogP contribution in [0.4, 0.5) is 23.7 Å². The van der Waals surface area contributed by atoms with Crippen molar-refractivity contribution >= 4 is 28.5 Å². The van der Waals surface area contributed by atoms with Crippen LogP contribution in [-0.2, 0) is 17.5 Å². The predicted molar refractivity (Wildman–Crippen MR) is 183 cm³/mol. The maximum absolute atomic E-state index is 13.9. The fourth-order valence-electron chi connectivity index (χ4n) is 5.96. The number of carbonyl (C=O) groups excluding carboxylic acids is 2. The first-order valence-corrected chi connectivity index (χ1v) is 16.1. The van der Waals surface area contributed by atoms with Crippen molar-refractivity contribution in [3.63, 3.8) is 0 Å². The van der Waals surface area contributed by atoms with Gasteiger partial charge in [0.15, 0.2) is 5.69 Å². The molecule has 1 atom stereocenters. The number of anilines is 1. The van der Waals surface area contributed by atoms with Gasteiger partial charge < -0.3 is 15.4 Å². The van der Waals surface area contributed by atoms with E-state index in [2.05, 4.69) is 51.9 Å². The first-order chi connectivity index (χ1) is 23.3. The minimum atomic E-state index is -4.78. The highest BCUT2D eigenvalue weighted by Crippen LogP contribution is 2.40. The van der Waals surface area contributed by atoms with Gasteiger partial charge in [-0.15, -0.1) is 0 Å². The lowest BCUT2D eigenvalue weighted by Gasteiger charge is -2.30. The predicted octanol–water partition coefficient (Wildman–Crippen LogP) is 8.50. The summed E-state index contributed by atoms with van der Waals surface area (Å²) >= 11 is 0. The molecular formula is C38H38F3N5O3. The first-order valence-electron chi connectivity index (χ1n) is 16.1. The van der Waals surface area contributed by atoms with Gasteiger partial charge in [0.2, 0.25) is 0 Å². The van der Waals surface area contributed by atoms with Crippen LogP contribution < -0.4 is 10.6 Å². The zero-order chi connectivity index (χ0) is 34.9. The minimum Gasteiger partial charge on any atom is -0.444 e. The van der Waals surface area contributed by atoms with Crippen molar-refractivity contribution in [1.82, 2.24) is 20.0 Å². The van der Waals surface area contributed by atoms with Gasteiger partial charge in [0.1, 0.15) is 11.3 Å². The second-order valence-corrected chi connectivity index (χ2v) is 13.3. The monoisotopic (exact) mass is 669 g/mol. The molecule has 2 amide bonds. The highest BCUT2D eigenvalue weighted by Gasteiger charge is 2.37. The Morgan fingerprint density at radius 1 is 0.939 bits per heavy atom. The van der Waals surface area contributed by atoms with Gasteiger partial charge >= 0.3 is 12.3 Å². The molecule has 0 bridgehead atoms. The lowest BCUT2D eigenvalue weighted by Crippen LogP contribution is -2.32. The molecule has 254 valence electrons. The van der Waals surface area contributed by atoms with Crippen LogP contribution in [0.5, 0.6) is 0 Å². The van der Waals surface area contributed by atoms with E-state index in [0.717, 1.165) is 45.5 Å². The van der Waals surface area contributed by atoms with Gasteiger partial charge in [-0.1, -0.05) is 66.7 Å². The Morgan fingerprint density at radius 3 is 2.39 bits per heavy atom. The molecule has 0 aliphatic heterocycles. The number of hydrogen-bond donors (Lipinski definition) is 2. The lowest BCUT2D eigenvalue weighted by molar-refractivity contribution is -0.141. The van der Waals surface area contributed by atoms with E-state index in [4.69, 9.17) is 4.74 Å². The van der Waals surface area contributed by atoms with Gasteiger partial charge in [0.25, 0.3) is 5.91 Å². The van der Waals surface area contributed by atoms with Gasteiger partial charge in [0.05, 0.1) is 11.7 Å². The Kier molecular flexibility index (Phi) is 9.22. The van der Waals surface area contributed by atoms with Gasteiger partial charge in [-0.2, -0.15) is 18.3 Å². The molecule has 2 N–H and O–H groups in total. The molecule has 1 unspecified atom stereocenters. The quantitative estimate of drug-likeness (QED) is 0.164. The molecule has 1 saturated carbocycles. The molecule has 1 aliphatic carbocycles. The molecule has 4 aromatic carbocycles. The van der Waals surface area contributed by atoms with Crippen LogP contribution >= 0.6 is 0 Å². The van der Waals surface area contributed by atoms with Crippen molar-refractivity contribution < 1.29 is 27.5 Å². The number of alkyl carbamates (subject to hydrolysis) is 1. The van der Waals surface area contributed by atoms with E-state index in [1.54, 1.807) is 51.1 Å². The number of ether oxygens (including phenoxy) is 1. The average molecular weight is 670 g/mol. The number of aromatic nitrogens is 2. The van der Waals surface area contributed by atoms with E-state index >= 15 is 0 Å². The standard InChI is InChI=1S/C38H38F3N5O3/c1-37(2,3)49-36(48)42-23-24-10-7-15-29(20-24)46-32(22-33(44-46)38(39,40)41)35(47)43-27-14-8-13-26(21-27)34(45(4)28-18-19-28)31-17-9-12-25-11-5-6-16-30(25)31/h5-17,20-22,28,34H,18-19,23H2,1-4H3,(H,42,48)(H,43,47). The van der Waals surface area contributed by atoms with Crippen LogP contribution in [0.2, 0.25) is 0 Å². The minimum absolute atomic E-state index is 0.0532. The summed E-state index contributed by atoms with van der Waals surface area (Å²) in [6.45, 7) is 5.27. The maximum Gasteiger partial charge on any atom is 0.435 e. The van der Waals surface area contributed by atoms with Crippen molar-refractivity contribution in [2.24, 2.45) is 0 Å². The number of nitrogens with zero attached hydrogens (tertiary/aromatic N) is 3. The third kappa shape index (κ3) is 7.94. The number of hydrogen-bond acceptors (Lipinski definition) is 5. The molecule has 0 radical (unpaired) electrons. The Bertz CT molecular complexity index is 1990. The van der Waals surface area contributed by atoms with E-state index in [1.165, 1.54) is 0 Å². The Balaban J connectivity index is 1.30. The number of benzene rings is 4. The number of amides is 2. The summed E-state index contributed by atoms with van der Waals surface area (Å²) in [7, 11) is 2.10. The molecule has 49 heavy (non-hydrogen) atoms. The van der Waals surface area contributed by atoms with E-state index in [1.807, 2.05) is 36.4 Å². The van der Waals surface area contributed by atoms with Gasteiger partial charge in [0, 0.05) is 24.3 Å². The fourth-order valence-corrected chi connectivity index (χ4v) is 5.96. The molecule has 1 aliphatic rings. The van der Waals surface area contributed by atoms with E-state index in [9.17, 15) is 22.8 Å². The van der Waals surface area contributed by atoms with Crippen molar-refractivity contribution in [3.05, 3.63) is 125 Å². The fraction of sp³-hybridized carbons (Fsp3) is 0.289. The summed E-state index contributed by atoms with van der Waals surface area (Å²) in [6, 6.07) is 29.3. The maximum atomic E-state index is 13.9. The Labute approximate surface area is 282 Å². The van der Waals surface area contributed by atoms with Gasteiger partial charge in [-0.3, -0.25) is 9.69 Å². The van der Waals surface area contributed by atoms with Crippen molar-refractivity contribution in [3.8, 4) is 5.69 Å². The van der Waals surface area contributed by atoms with E-state index in [0.29, 0.717) is 17.3 Å². The molecule has 0 saturated heterocycles. The highest BCUT2D eigenvalue weighted by atomic mass is 19.4. The van der Waals surface area contributed by atoms with Crippen LogP contribution in [0.3, 0.4) is 0 Å². The third-order valence-corrected chi connectivity index (χ3v) is 8.33. The van der Waals surface area contributed by atoms with E-state index < -0.39 is 29.5 Å². The van der Waals surface area contributed by atoms with Crippen molar-refractivity contribution in [2.75, 3.05) is 12.4 Å². The molecule has 6 rings (SSSR count). The third-order valence-electron chi connectivity index (χ3n) is 8.33. The van der Waals surface area contributed by atoms with Crippen LogP contribution in [0.25, 0.3) is 16.5 Å². The van der Waals surface area contributed by atoms with Crippen LogP contribution in [0.15, 0.2) is 97.1 Å². The average Bonchev–Trinajstić information content (AvgIpc) is 3.80. The molecule has 8 nitrogen and oxygen atoms in total. The normalized spacial score (nSPS) is 14.1. The first kappa shape index (κ1) is 33.7. The summed E-state index contributed by atoms with van der Waals surface area (Å²) in [5.74, 6) is -0.755. The summed E-state index contributed by atoms with van der Waals surface area (Å²) < 4.78 is 47.9. The topological polar surface area (TPSA) is 88.5 Å². The molecule has 1 heterocycles. The van der Waals surface area contributed by atoms with Crippen LogP contribution in [0.1, 0.15) is 72.5 Å². The molecule has 0 spiro atoms. The number of alkyl halides is 3. The van der Waals surface area contributed by atoms with Crippen molar-refractivity contribution in [1.29, 1.82) is 0 Å². The second-order valence-electron chi connectivity index (χ2n) is 13.3. The summed E-state index contributed by atoms with van der Waals surface area (Å²) in [5, 5.41) is 11.5. The van der Waals surface area contributed by atoms with Gasteiger partial charge in [-0.05, 0) is 92.4 Å². The van der Waals surface area contributed by atoms with E-state index in [-0.39, 0.29) is 24.0 Å². The number of carbonyl (C=O) groups is 2. The Morgan fingerprint density at radius 2 is 1.65 bits per heavy atom. The highest BCUT2D eigenvalue weighted by molar-refractivity contribution is 6.03. The number of halogens is 3. The lowest BCUT2D eigenvalue weighted by atomic mass is 9.92. The summed E-state index contributed by atoms with van der Waals surface area (Å²) in [4.78, 5) is 28.2. The number of nitrogens with one attached hydrogen (secondary N) is 2. The number of rotatable bonds is 9. The second kappa shape index (κ2) is 13.4. The summed E-state index contributed by atoms with van der Waals surface area (Å²) in [6.07, 6.45) is -3.23. The zero-order valence-corrected chi connectivity index (χ0v) is 27.7. The molecule has 11 heteroatoms. The Hall–Kier alpha value is -5.16. The zero-order valence-electron chi connectivity index (χ0n) is 27.7. The smallest absolute Gasteiger partial charge is 0.435 e. The van der Waals surface area contributed by atoms with Crippen LogP contribution in [0, 0.1) is 0 Å². The molecule has 5 aromatic rings. The van der Waals surface area contributed by atoms with Crippen molar-refractivity contribution in [2.45, 2.75) is 64.0 Å². The summed E-state index contributed by atoms with van der Waals surface area (Å²) in [5.41, 5.74) is 1.12. The molecular weight excluding hydrogens is 631 g/mol.